The van der Waals surface area contributed by atoms with Crippen molar-refractivity contribution in [3.8, 4) is 6.07 Å². The van der Waals surface area contributed by atoms with Crippen LogP contribution in [0.25, 0.3) is 0 Å². The van der Waals surface area contributed by atoms with Gasteiger partial charge in [-0.25, -0.2) is 0 Å². The topological polar surface area (TPSA) is 52.9 Å². The Hall–Kier alpha value is -1.05. The van der Waals surface area contributed by atoms with Crippen LogP contribution < -0.4 is 5.32 Å². The first-order valence-electron chi connectivity index (χ1n) is 6.75. The molecule has 106 valence electrons. The largest absolute Gasteiger partial charge is 0.334 e. The lowest BCUT2D eigenvalue weighted by molar-refractivity contribution is 0.0913. The Morgan fingerprint density at radius 2 is 1.95 bits per heavy atom. The third-order valence-corrected chi connectivity index (χ3v) is 4.51. The molecule has 1 aromatic carbocycles. The van der Waals surface area contributed by atoms with E-state index in [0.29, 0.717) is 23.4 Å². The molecule has 0 bridgehead atoms. The van der Waals surface area contributed by atoms with E-state index in [-0.39, 0.29) is 5.91 Å². The van der Waals surface area contributed by atoms with Gasteiger partial charge in [0.05, 0.1) is 16.7 Å². The summed E-state index contributed by atoms with van der Waals surface area (Å²) in [6.07, 6.45) is 5.62. The minimum Gasteiger partial charge on any atom is -0.334 e. The Balaban J connectivity index is 2.18. The number of hydrogen-bond donors (Lipinski definition) is 1. The van der Waals surface area contributed by atoms with Gasteiger partial charge in [-0.2, -0.15) is 5.26 Å². The molecule has 0 spiro atoms. The predicted octanol–water partition coefficient (Wildman–Crippen LogP) is 4.45. The van der Waals surface area contributed by atoms with Crippen LogP contribution >= 0.6 is 27.5 Å². The summed E-state index contributed by atoms with van der Waals surface area (Å²) in [5.74, 6) is -0.272. The van der Waals surface area contributed by atoms with Gasteiger partial charge in [-0.15, -0.1) is 0 Å². The van der Waals surface area contributed by atoms with Crippen molar-refractivity contribution in [2.45, 2.75) is 44.1 Å². The smallest absolute Gasteiger partial charge is 0.254 e. The van der Waals surface area contributed by atoms with Crippen LogP contribution in [0.5, 0.6) is 0 Å². The highest BCUT2D eigenvalue weighted by Gasteiger charge is 2.33. The third kappa shape index (κ3) is 3.53. The molecule has 5 heteroatoms. The molecule has 0 heterocycles. The first-order chi connectivity index (χ1) is 9.56. The lowest BCUT2D eigenvalue weighted by atomic mass is 9.91. The second-order valence-corrected chi connectivity index (χ2v) is 6.51. The molecular weight excluding hydrogens is 340 g/mol. The molecule has 0 aromatic heterocycles. The second kappa shape index (κ2) is 6.60. The number of carbonyl (C=O) groups is 1. The minimum absolute atomic E-state index is 0.272. The van der Waals surface area contributed by atoms with E-state index in [9.17, 15) is 10.1 Å². The van der Waals surface area contributed by atoms with Crippen molar-refractivity contribution in [1.82, 2.24) is 5.32 Å². The van der Waals surface area contributed by atoms with Crippen molar-refractivity contribution in [3.63, 3.8) is 0 Å². The van der Waals surface area contributed by atoms with E-state index in [1.165, 1.54) is 0 Å². The molecule has 1 N–H and O–H groups in total. The molecule has 1 aromatic rings. The molecule has 1 fully saturated rings. The fraction of sp³-hybridized carbons (Fsp3) is 0.467. The van der Waals surface area contributed by atoms with Crippen LogP contribution in [0.4, 0.5) is 0 Å². The maximum Gasteiger partial charge on any atom is 0.254 e. The SMILES string of the molecule is N#CC1(NC(=O)c2ccc(Br)cc2Cl)CCCCCC1. The quantitative estimate of drug-likeness (QED) is 0.797. The monoisotopic (exact) mass is 354 g/mol. The van der Waals surface area contributed by atoms with Gasteiger partial charge in [0.25, 0.3) is 5.91 Å². The average molecular weight is 356 g/mol. The zero-order chi connectivity index (χ0) is 14.6. The Morgan fingerprint density at radius 3 is 2.50 bits per heavy atom. The molecule has 0 radical (unpaired) electrons. The average Bonchev–Trinajstić information content (AvgIpc) is 2.64. The highest BCUT2D eigenvalue weighted by molar-refractivity contribution is 9.10. The van der Waals surface area contributed by atoms with Gasteiger partial charge in [0, 0.05) is 4.47 Å². The van der Waals surface area contributed by atoms with Crippen LogP contribution in [-0.4, -0.2) is 11.4 Å². The fourth-order valence-corrected chi connectivity index (χ4v) is 3.31. The number of carbonyl (C=O) groups excluding carboxylic acids is 1. The van der Waals surface area contributed by atoms with Gasteiger partial charge in [0.1, 0.15) is 5.54 Å². The molecule has 3 nitrogen and oxygen atoms in total. The van der Waals surface area contributed by atoms with Crippen LogP contribution in [0.3, 0.4) is 0 Å². The second-order valence-electron chi connectivity index (χ2n) is 5.19. The van der Waals surface area contributed by atoms with Crippen molar-refractivity contribution >= 4 is 33.4 Å². The van der Waals surface area contributed by atoms with Crippen LogP contribution in [0, 0.1) is 11.3 Å². The summed E-state index contributed by atoms with van der Waals surface area (Å²) in [4.78, 5) is 12.4. The molecule has 1 aliphatic rings. The Kier molecular flexibility index (Phi) is 5.06. The molecule has 20 heavy (non-hydrogen) atoms. The van der Waals surface area contributed by atoms with Gasteiger partial charge in [0.15, 0.2) is 0 Å². The molecule has 0 saturated heterocycles. The van der Waals surface area contributed by atoms with Gasteiger partial charge in [-0.3, -0.25) is 4.79 Å². The Morgan fingerprint density at radius 1 is 1.30 bits per heavy atom. The van der Waals surface area contributed by atoms with Crippen LogP contribution in [0.1, 0.15) is 48.9 Å². The van der Waals surface area contributed by atoms with Crippen molar-refractivity contribution in [3.05, 3.63) is 33.3 Å². The summed E-state index contributed by atoms with van der Waals surface area (Å²) < 4.78 is 0.823. The molecule has 1 saturated carbocycles. The number of rotatable bonds is 2. The van der Waals surface area contributed by atoms with Crippen molar-refractivity contribution < 1.29 is 4.79 Å². The van der Waals surface area contributed by atoms with E-state index in [2.05, 4.69) is 27.3 Å². The third-order valence-electron chi connectivity index (χ3n) is 3.70. The summed E-state index contributed by atoms with van der Waals surface area (Å²) in [7, 11) is 0. The molecule has 0 aliphatic heterocycles. The number of nitrogens with zero attached hydrogens (tertiary/aromatic N) is 1. The molecule has 0 unspecified atom stereocenters. The van der Waals surface area contributed by atoms with E-state index in [1.54, 1.807) is 18.2 Å². The van der Waals surface area contributed by atoms with Crippen LogP contribution in [0.15, 0.2) is 22.7 Å². The van der Waals surface area contributed by atoms with Gasteiger partial charge < -0.3 is 5.32 Å². The highest BCUT2D eigenvalue weighted by Crippen LogP contribution is 2.28. The summed E-state index contributed by atoms with van der Waals surface area (Å²) in [6, 6.07) is 7.43. The van der Waals surface area contributed by atoms with Crippen molar-refractivity contribution in [2.75, 3.05) is 0 Å². The van der Waals surface area contributed by atoms with E-state index in [0.717, 1.165) is 30.2 Å². The predicted molar refractivity (Wildman–Crippen MR) is 82.7 cm³/mol. The van der Waals surface area contributed by atoms with E-state index < -0.39 is 5.54 Å². The Labute approximate surface area is 132 Å². The molecule has 0 atom stereocenters. The lowest BCUT2D eigenvalue weighted by Crippen LogP contribution is -2.47. The van der Waals surface area contributed by atoms with E-state index in [4.69, 9.17) is 11.6 Å². The highest BCUT2D eigenvalue weighted by atomic mass is 79.9. The summed E-state index contributed by atoms with van der Waals surface area (Å²) >= 11 is 9.40. The minimum atomic E-state index is -0.746. The lowest BCUT2D eigenvalue weighted by Gasteiger charge is -2.26. The van der Waals surface area contributed by atoms with E-state index in [1.807, 2.05) is 0 Å². The van der Waals surface area contributed by atoms with Gasteiger partial charge in [-0.1, -0.05) is 53.2 Å². The number of benzene rings is 1. The number of halogens is 2. The zero-order valence-corrected chi connectivity index (χ0v) is 13.4. The Bertz CT molecular complexity index is 545. The van der Waals surface area contributed by atoms with Gasteiger partial charge in [0.2, 0.25) is 0 Å². The number of amides is 1. The summed E-state index contributed by atoms with van der Waals surface area (Å²) in [6.45, 7) is 0. The standard InChI is InChI=1S/C15H16BrClN2O/c16-11-5-6-12(13(17)9-11)14(20)19-15(10-18)7-3-1-2-4-8-15/h5-6,9H,1-4,7-8H2,(H,19,20). The molecule has 1 amide bonds. The summed E-state index contributed by atoms with van der Waals surface area (Å²) in [5, 5.41) is 12.8. The molecule has 1 aliphatic carbocycles. The van der Waals surface area contributed by atoms with E-state index >= 15 is 0 Å². The van der Waals surface area contributed by atoms with Crippen molar-refractivity contribution in [1.29, 1.82) is 5.26 Å². The maximum atomic E-state index is 12.4. The molecule has 2 rings (SSSR count). The van der Waals surface area contributed by atoms with Gasteiger partial charge >= 0.3 is 0 Å². The summed E-state index contributed by atoms with van der Waals surface area (Å²) in [5.41, 5.74) is -0.335. The van der Waals surface area contributed by atoms with Crippen molar-refractivity contribution in [2.24, 2.45) is 0 Å². The normalized spacial score (nSPS) is 17.9. The number of nitriles is 1. The number of nitrogens with one attached hydrogen (secondary N) is 1. The fourth-order valence-electron chi connectivity index (χ4n) is 2.56. The zero-order valence-electron chi connectivity index (χ0n) is 11.1. The number of hydrogen-bond acceptors (Lipinski definition) is 2. The van der Waals surface area contributed by atoms with Gasteiger partial charge in [-0.05, 0) is 31.0 Å². The van der Waals surface area contributed by atoms with Crippen LogP contribution in [-0.2, 0) is 0 Å². The molecular formula is C15H16BrClN2O. The first kappa shape index (κ1) is 15.3. The first-order valence-corrected chi connectivity index (χ1v) is 7.92. The maximum absolute atomic E-state index is 12.4. The van der Waals surface area contributed by atoms with Crippen LogP contribution in [0.2, 0.25) is 5.02 Å².